The van der Waals surface area contributed by atoms with Crippen LogP contribution in [0.4, 0.5) is 17.1 Å². The maximum atomic E-state index is 5.52. The Morgan fingerprint density at radius 1 is 0.964 bits per heavy atom. The summed E-state index contributed by atoms with van der Waals surface area (Å²) in [5, 5.41) is 4.31. The quantitative estimate of drug-likeness (QED) is 0.564. The van der Waals surface area contributed by atoms with Crippen LogP contribution >= 0.6 is 11.3 Å². The SMILES string of the molecule is COc1ccc2c(c1)C(N1CCCC1)=Nc1ccc(-c3ccsc3)cc1N2C. The second kappa shape index (κ2) is 6.99. The van der Waals surface area contributed by atoms with Crippen LogP contribution in [0.25, 0.3) is 11.1 Å². The van der Waals surface area contributed by atoms with E-state index in [-0.39, 0.29) is 0 Å². The third-order valence-corrected chi connectivity index (χ3v) is 6.31. The maximum absolute atomic E-state index is 5.52. The van der Waals surface area contributed by atoms with Gasteiger partial charge in [0.15, 0.2) is 0 Å². The van der Waals surface area contributed by atoms with Crippen molar-refractivity contribution in [2.75, 3.05) is 32.1 Å². The molecule has 0 radical (unpaired) electrons. The fourth-order valence-electron chi connectivity index (χ4n) is 4.08. The summed E-state index contributed by atoms with van der Waals surface area (Å²) < 4.78 is 5.52. The highest BCUT2D eigenvalue weighted by molar-refractivity contribution is 7.08. The van der Waals surface area contributed by atoms with Crippen molar-refractivity contribution in [2.24, 2.45) is 4.99 Å². The molecule has 0 aliphatic carbocycles. The van der Waals surface area contributed by atoms with E-state index in [1.807, 2.05) is 6.07 Å². The first-order valence-corrected chi connectivity index (χ1v) is 10.6. The second-order valence-electron chi connectivity index (χ2n) is 7.29. The molecule has 0 unspecified atom stereocenters. The van der Waals surface area contributed by atoms with E-state index in [1.165, 1.54) is 24.0 Å². The number of nitrogens with zero attached hydrogens (tertiary/aromatic N) is 3. The summed E-state index contributed by atoms with van der Waals surface area (Å²) in [6.07, 6.45) is 2.44. The number of aliphatic imine (C=N–C) groups is 1. The van der Waals surface area contributed by atoms with Gasteiger partial charge in [0.05, 0.1) is 24.2 Å². The molecule has 0 N–H and O–H groups in total. The summed E-state index contributed by atoms with van der Waals surface area (Å²) >= 11 is 1.72. The van der Waals surface area contributed by atoms with Gasteiger partial charge >= 0.3 is 0 Å². The number of likely N-dealkylation sites (tertiary alicyclic amines) is 1. The highest BCUT2D eigenvalue weighted by atomic mass is 32.1. The monoisotopic (exact) mass is 389 g/mol. The van der Waals surface area contributed by atoms with Crippen LogP contribution in [0, 0.1) is 0 Å². The van der Waals surface area contributed by atoms with E-state index in [9.17, 15) is 0 Å². The molecule has 0 spiro atoms. The molecule has 4 nitrogen and oxygen atoms in total. The van der Waals surface area contributed by atoms with Crippen LogP contribution in [0.15, 0.2) is 58.2 Å². The molecule has 0 saturated carbocycles. The Hall–Kier alpha value is -2.79. The van der Waals surface area contributed by atoms with Crippen molar-refractivity contribution >= 4 is 34.2 Å². The lowest BCUT2D eigenvalue weighted by Crippen LogP contribution is -2.29. The van der Waals surface area contributed by atoms with E-state index in [0.717, 1.165) is 47.3 Å². The Bertz CT molecular complexity index is 1040. The molecule has 0 bridgehead atoms. The Kier molecular flexibility index (Phi) is 4.32. The lowest BCUT2D eigenvalue weighted by molar-refractivity contribution is 0.414. The van der Waals surface area contributed by atoms with Crippen molar-refractivity contribution in [2.45, 2.75) is 12.8 Å². The minimum atomic E-state index is 0.865. The number of amidine groups is 1. The van der Waals surface area contributed by atoms with E-state index < -0.39 is 0 Å². The predicted octanol–water partition coefficient (Wildman–Crippen LogP) is 5.68. The molecule has 0 atom stereocenters. The van der Waals surface area contributed by atoms with Gasteiger partial charge in [-0.25, -0.2) is 4.99 Å². The Morgan fingerprint density at radius 3 is 2.57 bits per heavy atom. The average molecular weight is 390 g/mol. The van der Waals surface area contributed by atoms with E-state index in [2.05, 4.69) is 64.0 Å². The van der Waals surface area contributed by atoms with Gasteiger partial charge in [-0.3, -0.25) is 0 Å². The molecule has 2 aliphatic heterocycles. The van der Waals surface area contributed by atoms with Crippen molar-refractivity contribution < 1.29 is 4.74 Å². The van der Waals surface area contributed by atoms with Crippen LogP contribution in [-0.4, -0.2) is 38.0 Å². The fraction of sp³-hybridized carbons (Fsp3) is 0.261. The first kappa shape index (κ1) is 17.3. The van der Waals surface area contributed by atoms with E-state index in [1.54, 1.807) is 18.4 Å². The van der Waals surface area contributed by atoms with Crippen molar-refractivity contribution in [3.63, 3.8) is 0 Å². The molecular formula is C23H23N3OS. The van der Waals surface area contributed by atoms with Gasteiger partial charge in [-0.2, -0.15) is 11.3 Å². The number of thiophene rings is 1. The molecule has 5 heteroatoms. The summed E-state index contributed by atoms with van der Waals surface area (Å²) in [5.41, 5.74) is 6.92. The van der Waals surface area contributed by atoms with Crippen molar-refractivity contribution in [1.82, 2.24) is 4.90 Å². The number of benzene rings is 2. The summed E-state index contributed by atoms with van der Waals surface area (Å²) in [4.78, 5) is 9.83. The summed E-state index contributed by atoms with van der Waals surface area (Å²) in [7, 11) is 3.85. The zero-order chi connectivity index (χ0) is 19.1. The van der Waals surface area contributed by atoms with Crippen molar-refractivity contribution in [3.05, 3.63) is 58.8 Å². The number of hydrogen-bond donors (Lipinski definition) is 0. The lowest BCUT2D eigenvalue weighted by Gasteiger charge is -2.24. The standard InChI is InChI=1S/C23H23N3OS/c1-25-21-8-6-18(27-2)14-19(21)23(26-10-3-4-11-26)24-20-7-5-16(13-22(20)25)17-9-12-28-15-17/h5-9,12-15H,3-4,10-11H2,1-2H3. The topological polar surface area (TPSA) is 28.1 Å². The van der Waals surface area contributed by atoms with Gasteiger partial charge < -0.3 is 14.5 Å². The Labute approximate surface area is 169 Å². The lowest BCUT2D eigenvalue weighted by atomic mass is 10.1. The molecule has 3 aromatic rings. The highest BCUT2D eigenvalue weighted by Gasteiger charge is 2.26. The minimum Gasteiger partial charge on any atom is -0.497 e. The first-order valence-electron chi connectivity index (χ1n) is 9.67. The first-order chi connectivity index (χ1) is 13.7. The van der Waals surface area contributed by atoms with Crippen LogP contribution in [0.5, 0.6) is 5.75 Å². The number of rotatable bonds is 2. The summed E-state index contributed by atoms with van der Waals surface area (Å²) in [6.45, 7) is 2.11. The minimum absolute atomic E-state index is 0.865. The van der Waals surface area contributed by atoms with Crippen molar-refractivity contribution in [3.8, 4) is 16.9 Å². The zero-order valence-electron chi connectivity index (χ0n) is 16.2. The molecule has 1 saturated heterocycles. The Balaban J connectivity index is 1.71. The molecule has 28 heavy (non-hydrogen) atoms. The average Bonchev–Trinajstić information content (AvgIpc) is 3.43. The molecule has 0 amide bonds. The van der Waals surface area contributed by atoms with Crippen molar-refractivity contribution in [1.29, 1.82) is 0 Å². The number of fused-ring (bicyclic) bond motifs is 2. The molecule has 1 fully saturated rings. The predicted molar refractivity (Wildman–Crippen MR) is 118 cm³/mol. The van der Waals surface area contributed by atoms with Gasteiger partial charge in [0.2, 0.25) is 0 Å². The van der Waals surface area contributed by atoms with Gasteiger partial charge in [0, 0.05) is 25.7 Å². The molecule has 2 aromatic carbocycles. The van der Waals surface area contributed by atoms with Gasteiger partial charge in [0.1, 0.15) is 11.6 Å². The van der Waals surface area contributed by atoms with Gasteiger partial charge in [-0.05, 0) is 71.1 Å². The van der Waals surface area contributed by atoms with Crippen LogP contribution < -0.4 is 9.64 Å². The largest absolute Gasteiger partial charge is 0.497 e. The highest BCUT2D eigenvalue weighted by Crippen LogP contribution is 2.42. The number of anilines is 2. The smallest absolute Gasteiger partial charge is 0.138 e. The molecule has 5 rings (SSSR count). The third-order valence-electron chi connectivity index (χ3n) is 5.63. The maximum Gasteiger partial charge on any atom is 0.138 e. The van der Waals surface area contributed by atoms with Crippen LogP contribution in [0.1, 0.15) is 18.4 Å². The van der Waals surface area contributed by atoms with E-state index in [4.69, 9.17) is 9.73 Å². The van der Waals surface area contributed by atoms with Crippen LogP contribution in [-0.2, 0) is 0 Å². The van der Waals surface area contributed by atoms with Gasteiger partial charge in [-0.1, -0.05) is 6.07 Å². The van der Waals surface area contributed by atoms with Crippen LogP contribution in [0.3, 0.4) is 0 Å². The van der Waals surface area contributed by atoms with Crippen LogP contribution in [0.2, 0.25) is 0 Å². The summed E-state index contributed by atoms with van der Waals surface area (Å²) in [5.74, 6) is 1.92. The third kappa shape index (κ3) is 2.87. The van der Waals surface area contributed by atoms with Gasteiger partial charge in [-0.15, -0.1) is 0 Å². The number of methoxy groups -OCH3 is 1. The summed E-state index contributed by atoms with van der Waals surface area (Å²) in [6, 6.07) is 15.0. The van der Waals surface area contributed by atoms with E-state index in [0.29, 0.717) is 0 Å². The number of hydrogen-bond acceptors (Lipinski definition) is 5. The van der Waals surface area contributed by atoms with E-state index >= 15 is 0 Å². The molecule has 2 aliphatic rings. The molecule has 3 heterocycles. The fourth-order valence-corrected chi connectivity index (χ4v) is 4.75. The zero-order valence-corrected chi connectivity index (χ0v) is 17.0. The van der Waals surface area contributed by atoms with Gasteiger partial charge in [0.25, 0.3) is 0 Å². The molecular weight excluding hydrogens is 366 g/mol. The molecule has 1 aromatic heterocycles. The number of ether oxygens (including phenoxy) is 1. The normalized spacial score (nSPS) is 15.7. The second-order valence-corrected chi connectivity index (χ2v) is 8.07. The Morgan fingerprint density at radius 2 is 1.82 bits per heavy atom. The molecule has 142 valence electrons.